The van der Waals surface area contributed by atoms with Crippen molar-refractivity contribution in [3.8, 4) is 17.2 Å². The average molecular weight is 326 g/mol. The Morgan fingerprint density at radius 3 is 2.62 bits per heavy atom. The molecule has 1 aliphatic heterocycles. The molecule has 2 aromatic carbocycles. The van der Waals surface area contributed by atoms with Gasteiger partial charge >= 0.3 is 0 Å². The highest BCUT2D eigenvalue weighted by Crippen LogP contribution is 2.55. The van der Waals surface area contributed by atoms with Gasteiger partial charge in [0.05, 0.1) is 6.61 Å². The van der Waals surface area contributed by atoms with Gasteiger partial charge in [0.15, 0.2) is 0 Å². The minimum atomic E-state index is -0.0225. The fraction of sp³-hybridized carbons (Fsp3) is 0.400. The first kappa shape index (κ1) is 15.3. The third kappa shape index (κ3) is 2.51. The smallest absolute Gasteiger partial charge is 0.129 e. The summed E-state index contributed by atoms with van der Waals surface area (Å²) in [6.07, 6.45) is 3.38. The zero-order valence-electron chi connectivity index (χ0n) is 13.7. The molecule has 1 heterocycles. The fourth-order valence-electron chi connectivity index (χ4n) is 4.31. The van der Waals surface area contributed by atoms with E-state index in [0.717, 1.165) is 35.3 Å². The van der Waals surface area contributed by atoms with Crippen LogP contribution in [0.25, 0.3) is 0 Å². The Balaban J connectivity index is 1.80. The zero-order valence-corrected chi connectivity index (χ0v) is 13.7. The van der Waals surface area contributed by atoms with Gasteiger partial charge in [0, 0.05) is 24.2 Å². The molecule has 1 saturated carbocycles. The molecule has 4 heteroatoms. The van der Waals surface area contributed by atoms with E-state index >= 15 is 0 Å². The molecule has 4 nitrogen and oxygen atoms in total. The van der Waals surface area contributed by atoms with Gasteiger partial charge in [-0.1, -0.05) is 18.6 Å². The van der Waals surface area contributed by atoms with Crippen LogP contribution in [-0.4, -0.2) is 17.3 Å². The second-order valence-corrected chi connectivity index (χ2v) is 6.79. The number of benzene rings is 2. The van der Waals surface area contributed by atoms with Crippen LogP contribution in [0.5, 0.6) is 17.2 Å². The van der Waals surface area contributed by atoms with Gasteiger partial charge < -0.3 is 19.7 Å². The van der Waals surface area contributed by atoms with E-state index in [9.17, 15) is 10.2 Å². The Labute approximate surface area is 141 Å². The lowest BCUT2D eigenvalue weighted by Gasteiger charge is -2.37. The molecule has 0 radical (unpaired) electrons. The minimum absolute atomic E-state index is 0.0225. The number of methoxy groups -OCH3 is 1. The maximum Gasteiger partial charge on any atom is 0.129 e. The summed E-state index contributed by atoms with van der Waals surface area (Å²) >= 11 is 0. The van der Waals surface area contributed by atoms with Crippen molar-refractivity contribution in [2.45, 2.75) is 37.9 Å². The van der Waals surface area contributed by atoms with E-state index in [1.165, 1.54) is 6.42 Å². The first-order valence-electron chi connectivity index (χ1n) is 8.47. The molecule has 3 atom stereocenters. The Kier molecular flexibility index (Phi) is 3.85. The Morgan fingerprint density at radius 1 is 1.08 bits per heavy atom. The highest BCUT2D eigenvalue weighted by Gasteiger charge is 2.42. The standard InChI is InChI=1S/C20H22O4/c1-23-11-13-9-15(22)10-18-16-3-2-4-17(16)19(24-20(13)18)12-5-7-14(21)8-6-12/h5-10,16-17,19,21-22H,2-4,11H2,1H3/t16-,17?,19+/m1/s1. The topological polar surface area (TPSA) is 58.9 Å². The van der Waals surface area contributed by atoms with Gasteiger partial charge in [0.2, 0.25) is 0 Å². The molecule has 1 aliphatic carbocycles. The van der Waals surface area contributed by atoms with Crippen LogP contribution in [0.3, 0.4) is 0 Å². The van der Waals surface area contributed by atoms with Crippen LogP contribution in [0.2, 0.25) is 0 Å². The number of aromatic hydroxyl groups is 2. The van der Waals surface area contributed by atoms with Crippen LogP contribution in [0.15, 0.2) is 36.4 Å². The summed E-state index contributed by atoms with van der Waals surface area (Å²) in [5, 5.41) is 19.6. The molecular formula is C20H22O4. The van der Waals surface area contributed by atoms with Crippen LogP contribution >= 0.6 is 0 Å². The first-order chi connectivity index (χ1) is 11.7. The predicted octanol–water partition coefficient (Wildman–Crippen LogP) is 4.26. The quantitative estimate of drug-likeness (QED) is 0.885. The SMILES string of the molecule is COCc1cc(O)cc2c1O[C@@H](c1ccc(O)cc1)C1CCC[C@@H]21. The van der Waals surface area contributed by atoms with Gasteiger partial charge in [-0.3, -0.25) is 0 Å². The predicted molar refractivity (Wildman–Crippen MR) is 90.4 cm³/mol. The van der Waals surface area contributed by atoms with Gasteiger partial charge in [-0.05, 0) is 48.6 Å². The van der Waals surface area contributed by atoms with Gasteiger partial charge in [-0.15, -0.1) is 0 Å². The Hall–Kier alpha value is -2.20. The van der Waals surface area contributed by atoms with Gasteiger partial charge in [-0.25, -0.2) is 0 Å². The third-order valence-corrected chi connectivity index (χ3v) is 5.30. The number of ether oxygens (including phenoxy) is 2. The van der Waals surface area contributed by atoms with Crippen LogP contribution < -0.4 is 4.74 Å². The van der Waals surface area contributed by atoms with E-state index in [4.69, 9.17) is 9.47 Å². The van der Waals surface area contributed by atoms with Crippen molar-refractivity contribution in [3.05, 3.63) is 53.1 Å². The van der Waals surface area contributed by atoms with Crippen molar-refractivity contribution >= 4 is 0 Å². The van der Waals surface area contributed by atoms with E-state index in [-0.39, 0.29) is 17.6 Å². The summed E-state index contributed by atoms with van der Waals surface area (Å²) < 4.78 is 11.7. The molecule has 1 fully saturated rings. The average Bonchev–Trinajstić information content (AvgIpc) is 3.05. The normalized spacial score (nSPS) is 25.0. The van der Waals surface area contributed by atoms with E-state index < -0.39 is 0 Å². The minimum Gasteiger partial charge on any atom is -0.508 e. The van der Waals surface area contributed by atoms with Crippen LogP contribution in [0, 0.1) is 5.92 Å². The second kappa shape index (κ2) is 6.02. The van der Waals surface area contributed by atoms with Crippen LogP contribution in [0.1, 0.15) is 48.0 Å². The molecule has 1 unspecified atom stereocenters. The third-order valence-electron chi connectivity index (χ3n) is 5.30. The summed E-state index contributed by atoms with van der Waals surface area (Å²) in [4.78, 5) is 0. The van der Waals surface area contributed by atoms with Gasteiger partial charge in [0.1, 0.15) is 23.4 Å². The number of phenols is 2. The van der Waals surface area contributed by atoms with E-state index in [2.05, 4.69) is 0 Å². The zero-order chi connectivity index (χ0) is 16.7. The summed E-state index contributed by atoms with van der Waals surface area (Å²) in [6, 6.07) is 10.9. The largest absolute Gasteiger partial charge is 0.508 e. The van der Waals surface area contributed by atoms with Gasteiger partial charge in [0.25, 0.3) is 0 Å². The molecule has 0 bridgehead atoms. The van der Waals surface area contributed by atoms with Crippen molar-refractivity contribution in [1.82, 2.24) is 0 Å². The highest BCUT2D eigenvalue weighted by atomic mass is 16.5. The first-order valence-corrected chi connectivity index (χ1v) is 8.47. The summed E-state index contributed by atoms with van der Waals surface area (Å²) in [6.45, 7) is 0.413. The summed E-state index contributed by atoms with van der Waals surface area (Å²) in [5.74, 6) is 2.20. The highest BCUT2D eigenvalue weighted by molar-refractivity contribution is 5.51. The monoisotopic (exact) mass is 326 g/mol. The fourth-order valence-corrected chi connectivity index (χ4v) is 4.31. The molecule has 0 aromatic heterocycles. The molecule has 2 aromatic rings. The maximum absolute atomic E-state index is 10.1. The molecule has 0 saturated heterocycles. The molecule has 126 valence electrons. The molecule has 4 rings (SSSR count). The molecule has 0 spiro atoms. The summed E-state index contributed by atoms with van der Waals surface area (Å²) in [5.41, 5.74) is 3.09. The van der Waals surface area contributed by atoms with Gasteiger partial charge in [-0.2, -0.15) is 0 Å². The van der Waals surface area contributed by atoms with Crippen LogP contribution in [-0.2, 0) is 11.3 Å². The lowest BCUT2D eigenvalue weighted by atomic mass is 9.79. The van der Waals surface area contributed by atoms with Crippen molar-refractivity contribution in [2.75, 3.05) is 7.11 Å². The maximum atomic E-state index is 10.1. The van der Waals surface area contributed by atoms with E-state index in [0.29, 0.717) is 18.4 Å². The van der Waals surface area contributed by atoms with Crippen molar-refractivity contribution in [2.24, 2.45) is 5.92 Å². The number of fused-ring (bicyclic) bond motifs is 3. The summed E-state index contributed by atoms with van der Waals surface area (Å²) in [7, 11) is 1.65. The molecule has 24 heavy (non-hydrogen) atoms. The molecule has 0 amide bonds. The van der Waals surface area contributed by atoms with Crippen molar-refractivity contribution < 1.29 is 19.7 Å². The number of hydrogen-bond donors (Lipinski definition) is 2. The van der Waals surface area contributed by atoms with E-state index in [1.54, 1.807) is 25.3 Å². The lowest BCUT2D eigenvalue weighted by molar-refractivity contribution is 0.0972. The van der Waals surface area contributed by atoms with Crippen LogP contribution in [0.4, 0.5) is 0 Å². The van der Waals surface area contributed by atoms with Crippen molar-refractivity contribution in [1.29, 1.82) is 0 Å². The number of hydrogen-bond acceptors (Lipinski definition) is 4. The second-order valence-electron chi connectivity index (χ2n) is 6.79. The van der Waals surface area contributed by atoms with Crippen molar-refractivity contribution in [3.63, 3.8) is 0 Å². The Morgan fingerprint density at radius 2 is 1.88 bits per heavy atom. The molecule has 2 N–H and O–H groups in total. The number of phenolic OH excluding ortho intramolecular Hbond substituents is 2. The number of rotatable bonds is 3. The molecular weight excluding hydrogens is 304 g/mol. The molecule has 2 aliphatic rings. The Bertz CT molecular complexity index is 738. The lowest BCUT2D eigenvalue weighted by Crippen LogP contribution is -2.27. The van der Waals surface area contributed by atoms with E-state index in [1.807, 2.05) is 18.2 Å².